The molecule has 1 fully saturated rings. The van der Waals surface area contributed by atoms with Crippen molar-refractivity contribution in [3.63, 3.8) is 0 Å². The van der Waals surface area contributed by atoms with E-state index in [-0.39, 0.29) is 24.2 Å². The fraction of sp³-hybridized carbons (Fsp3) is 0.588. The Bertz CT molecular complexity index is 450. The second-order valence-corrected chi connectivity index (χ2v) is 5.75. The van der Waals surface area contributed by atoms with Gasteiger partial charge in [-0.3, -0.25) is 4.79 Å². The Hall–Kier alpha value is -1.10. The summed E-state index contributed by atoms with van der Waals surface area (Å²) in [6, 6.07) is 8.67. The molecule has 2 rings (SSSR count). The van der Waals surface area contributed by atoms with Crippen LogP contribution >= 0.6 is 12.4 Å². The molecule has 22 heavy (non-hydrogen) atoms. The van der Waals surface area contributed by atoms with E-state index in [4.69, 9.17) is 4.74 Å². The summed E-state index contributed by atoms with van der Waals surface area (Å²) in [7, 11) is 0. The summed E-state index contributed by atoms with van der Waals surface area (Å²) in [5.41, 5.74) is 2.30. The van der Waals surface area contributed by atoms with Crippen LogP contribution < -0.4 is 10.6 Å². The molecule has 2 atom stereocenters. The molecule has 1 aromatic carbocycles. The molecular formula is C17H27ClN2O2. The van der Waals surface area contributed by atoms with E-state index >= 15 is 0 Å². The fourth-order valence-corrected chi connectivity index (χ4v) is 2.68. The lowest BCUT2D eigenvalue weighted by Gasteiger charge is -2.27. The number of hydrogen-bond acceptors (Lipinski definition) is 3. The minimum Gasteiger partial charge on any atom is -0.377 e. The number of amides is 1. The van der Waals surface area contributed by atoms with Gasteiger partial charge < -0.3 is 15.4 Å². The van der Waals surface area contributed by atoms with Crippen molar-refractivity contribution < 1.29 is 9.53 Å². The van der Waals surface area contributed by atoms with E-state index < -0.39 is 0 Å². The number of hydrogen-bond donors (Lipinski definition) is 2. The largest absolute Gasteiger partial charge is 0.377 e. The summed E-state index contributed by atoms with van der Waals surface area (Å²) in [6.07, 6.45) is 1.86. The number of piperidine rings is 1. The molecule has 124 valence electrons. The Morgan fingerprint density at radius 1 is 1.32 bits per heavy atom. The molecule has 1 aliphatic rings. The van der Waals surface area contributed by atoms with E-state index in [9.17, 15) is 4.79 Å². The number of ether oxygens (including phenoxy) is 1. The number of rotatable bonds is 6. The van der Waals surface area contributed by atoms with Gasteiger partial charge in [0.2, 0.25) is 5.91 Å². The van der Waals surface area contributed by atoms with Crippen LogP contribution in [-0.4, -0.2) is 25.1 Å². The van der Waals surface area contributed by atoms with Crippen LogP contribution in [0.4, 0.5) is 0 Å². The first kappa shape index (κ1) is 18.9. The highest BCUT2D eigenvalue weighted by molar-refractivity contribution is 5.85. The van der Waals surface area contributed by atoms with E-state index in [0.29, 0.717) is 19.2 Å². The van der Waals surface area contributed by atoms with Gasteiger partial charge in [0.05, 0.1) is 6.61 Å². The second-order valence-electron chi connectivity index (χ2n) is 5.75. The SMILES string of the molecule is CCOCc1ccc(CNC(=O)[C@H]2CCN[C@@H](C)C2)cc1.Cl. The highest BCUT2D eigenvalue weighted by atomic mass is 35.5. The Morgan fingerprint density at radius 2 is 2.00 bits per heavy atom. The highest BCUT2D eigenvalue weighted by Crippen LogP contribution is 2.16. The van der Waals surface area contributed by atoms with Crippen LogP contribution in [-0.2, 0) is 22.7 Å². The maximum Gasteiger partial charge on any atom is 0.223 e. The number of benzene rings is 1. The molecule has 1 heterocycles. The van der Waals surface area contributed by atoms with Crippen molar-refractivity contribution in [2.75, 3.05) is 13.2 Å². The zero-order valence-corrected chi connectivity index (χ0v) is 14.2. The Morgan fingerprint density at radius 3 is 2.64 bits per heavy atom. The lowest BCUT2D eigenvalue weighted by molar-refractivity contribution is -0.126. The first-order valence-corrected chi connectivity index (χ1v) is 7.85. The summed E-state index contributed by atoms with van der Waals surface area (Å²) in [6.45, 7) is 7.04. The van der Waals surface area contributed by atoms with Gasteiger partial charge in [-0.15, -0.1) is 12.4 Å². The molecule has 4 nitrogen and oxygen atoms in total. The topological polar surface area (TPSA) is 50.4 Å². The zero-order chi connectivity index (χ0) is 15.1. The van der Waals surface area contributed by atoms with Crippen LogP contribution in [0.2, 0.25) is 0 Å². The van der Waals surface area contributed by atoms with Crippen LogP contribution in [0.1, 0.15) is 37.8 Å². The summed E-state index contributed by atoms with van der Waals surface area (Å²) >= 11 is 0. The van der Waals surface area contributed by atoms with Crippen molar-refractivity contribution in [3.05, 3.63) is 35.4 Å². The molecule has 0 saturated carbocycles. The molecule has 0 radical (unpaired) electrons. The number of carbonyl (C=O) groups excluding carboxylic acids is 1. The molecule has 1 aromatic rings. The second kappa shape index (κ2) is 9.82. The van der Waals surface area contributed by atoms with Crippen molar-refractivity contribution >= 4 is 18.3 Å². The van der Waals surface area contributed by atoms with Crippen LogP contribution in [0, 0.1) is 5.92 Å². The Balaban J connectivity index is 0.00000242. The van der Waals surface area contributed by atoms with Crippen molar-refractivity contribution in [2.45, 2.75) is 45.9 Å². The maximum atomic E-state index is 12.2. The average molecular weight is 327 g/mol. The van der Waals surface area contributed by atoms with Gasteiger partial charge in [-0.1, -0.05) is 24.3 Å². The van der Waals surface area contributed by atoms with Crippen LogP contribution in [0.3, 0.4) is 0 Å². The van der Waals surface area contributed by atoms with Gasteiger partial charge in [0.1, 0.15) is 0 Å². The molecule has 0 aliphatic carbocycles. The summed E-state index contributed by atoms with van der Waals surface area (Å²) < 4.78 is 5.37. The smallest absolute Gasteiger partial charge is 0.223 e. The first-order chi connectivity index (χ1) is 10.2. The highest BCUT2D eigenvalue weighted by Gasteiger charge is 2.24. The quantitative estimate of drug-likeness (QED) is 0.845. The standard InChI is InChI=1S/C17H26N2O2.ClH/c1-3-21-12-15-6-4-14(5-7-15)11-19-17(20)16-8-9-18-13(2)10-16;/h4-7,13,16,18H,3,8-12H2,1-2H3,(H,19,20);1H/t13-,16-;/m0./s1. The number of nitrogens with one attached hydrogen (secondary N) is 2. The number of carbonyl (C=O) groups is 1. The molecule has 5 heteroatoms. The number of halogens is 1. The predicted molar refractivity (Wildman–Crippen MR) is 91.1 cm³/mol. The zero-order valence-electron chi connectivity index (χ0n) is 13.4. The summed E-state index contributed by atoms with van der Waals surface area (Å²) in [5, 5.41) is 6.43. The minimum atomic E-state index is 0. The third-order valence-electron chi connectivity index (χ3n) is 3.96. The maximum absolute atomic E-state index is 12.2. The molecule has 0 aromatic heterocycles. The summed E-state index contributed by atoms with van der Waals surface area (Å²) in [4.78, 5) is 12.2. The molecule has 0 unspecified atom stereocenters. The van der Waals surface area contributed by atoms with Crippen molar-refractivity contribution in [3.8, 4) is 0 Å². The summed E-state index contributed by atoms with van der Waals surface area (Å²) in [5.74, 6) is 0.334. The first-order valence-electron chi connectivity index (χ1n) is 7.85. The normalized spacial score (nSPS) is 21.0. The monoisotopic (exact) mass is 326 g/mol. The van der Waals surface area contributed by atoms with Gasteiger partial charge in [-0.25, -0.2) is 0 Å². The van der Waals surface area contributed by atoms with Crippen LogP contribution in [0.25, 0.3) is 0 Å². The van der Waals surface area contributed by atoms with Crippen molar-refractivity contribution in [2.24, 2.45) is 5.92 Å². The lowest BCUT2D eigenvalue weighted by atomic mass is 9.92. The van der Waals surface area contributed by atoms with E-state index in [1.807, 2.05) is 6.92 Å². The molecule has 0 spiro atoms. The molecule has 0 bridgehead atoms. The van der Waals surface area contributed by atoms with E-state index in [2.05, 4.69) is 41.8 Å². The lowest BCUT2D eigenvalue weighted by Crippen LogP contribution is -2.42. The average Bonchev–Trinajstić information content (AvgIpc) is 2.51. The Labute approximate surface area is 139 Å². The van der Waals surface area contributed by atoms with Gasteiger partial charge in [-0.05, 0) is 44.4 Å². The van der Waals surface area contributed by atoms with Crippen molar-refractivity contribution in [1.29, 1.82) is 0 Å². The van der Waals surface area contributed by atoms with Crippen LogP contribution in [0.15, 0.2) is 24.3 Å². The van der Waals surface area contributed by atoms with Gasteiger partial charge in [-0.2, -0.15) is 0 Å². The van der Waals surface area contributed by atoms with Crippen molar-refractivity contribution in [1.82, 2.24) is 10.6 Å². The van der Waals surface area contributed by atoms with Gasteiger partial charge in [0, 0.05) is 25.1 Å². The van der Waals surface area contributed by atoms with E-state index in [1.54, 1.807) is 0 Å². The third-order valence-corrected chi connectivity index (χ3v) is 3.96. The molecule has 1 saturated heterocycles. The molecule has 2 N–H and O–H groups in total. The van der Waals surface area contributed by atoms with E-state index in [1.165, 1.54) is 5.56 Å². The van der Waals surface area contributed by atoms with Gasteiger partial charge in [0.25, 0.3) is 0 Å². The van der Waals surface area contributed by atoms with Gasteiger partial charge >= 0.3 is 0 Å². The fourth-order valence-electron chi connectivity index (χ4n) is 2.68. The van der Waals surface area contributed by atoms with Crippen LogP contribution in [0.5, 0.6) is 0 Å². The third kappa shape index (κ3) is 5.95. The molecule has 1 aliphatic heterocycles. The Kier molecular flexibility index (Phi) is 8.46. The molecular weight excluding hydrogens is 300 g/mol. The van der Waals surface area contributed by atoms with Gasteiger partial charge in [0.15, 0.2) is 0 Å². The predicted octanol–water partition coefficient (Wildman–Crippen LogP) is 2.65. The van der Waals surface area contributed by atoms with E-state index in [0.717, 1.165) is 31.6 Å². The molecule has 1 amide bonds. The minimum absolute atomic E-state index is 0.